The van der Waals surface area contributed by atoms with Crippen LogP contribution in [-0.2, 0) is 17.0 Å². The van der Waals surface area contributed by atoms with Gasteiger partial charge >= 0.3 is 0 Å². The predicted molar refractivity (Wildman–Crippen MR) is 125 cm³/mol. The van der Waals surface area contributed by atoms with Crippen molar-refractivity contribution in [3.63, 3.8) is 0 Å². The van der Waals surface area contributed by atoms with Gasteiger partial charge in [0, 0.05) is 23.6 Å². The fourth-order valence-electron chi connectivity index (χ4n) is 3.50. The standard InChI is InChI=1S/C26H31NOS/c1-2-3-4-8-14-26(28)27-18-17-23-13-9-12-22-15-16-24(19-25(22)23)29-20-21-10-6-5-7-11-21/h5-7,9-13,15-16,19H,2-4,8,14,17-18,20H2,1H3,(H,27,28). The van der Waals surface area contributed by atoms with E-state index in [1.807, 2.05) is 11.8 Å². The van der Waals surface area contributed by atoms with Gasteiger partial charge in [0.05, 0.1) is 0 Å². The molecule has 29 heavy (non-hydrogen) atoms. The summed E-state index contributed by atoms with van der Waals surface area (Å²) in [5.74, 6) is 1.16. The molecule has 0 radical (unpaired) electrons. The third-order valence-corrected chi connectivity index (χ3v) is 6.23. The van der Waals surface area contributed by atoms with Crippen LogP contribution >= 0.6 is 11.8 Å². The molecule has 3 heteroatoms. The van der Waals surface area contributed by atoms with E-state index in [-0.39, 0.29) is 5.91 Å². The van der Waals surface area contributed by atoms with Crippen LogP contribution in [0.3, 0.4) is 0 Å². The Bertz CT molecular complexity index is 907. The maximum absolute atomic E-state index is 12.0. The third-order valence-electron chi connectivity index (χ3n) is 5.17. The fourth-order valence-corrected chi connectivity index (χ4v) is 4.39. The van der Waals surface area contributed by atoms with Crippen LogP contribution in [0.4, 0.5) is 0 Å². The smallest absolute Gasteiger partial charge is 0.220 e. The number of unbranched alkanes of at least 4 members (excludes halogenated alkanes) is 3. The van der Waals surface area contributed by atoms with Gasteiger partial charge in [-0.3, -0.25) is 4.79 Å². The van der Waals surface area contributed by atoms with Crippen LogP contribution in [-0.4, -0.2) is 12.5 Å². The Morgan fingerprint density at radius 3 is 2.62 bits per heavy atom. The van der Waals surface area contributed by atoms with E-state index in [1.165, 1.54) is 39.6 Å². The lowest BCUT2D eigenvalue weighted by Crippen LogP contribution is -2.25. The fraction of sp³-hybridized carbons (Fsp3) is 0.346. The number of thioether (sulfide) groups is 1. The van der Waals surface area contributed by atoms with E-state index in [1.54, 1.807) is 0 Å². The number of benzene rings is 3. The molecular formula is C26H31NOS. The molecule has 0 heterocycles. The summed E-state index contributed by atoms with van der Waals surface area (Å²) in [5, 5.41) is 5.65. The second-order valence-corrected chi connectivity index (χ2v) is 8.53. The summed E-state index contributed by atoms with van der Waals surface area (Å²) in [6.45, 7) is 2.89. The number of rotatable bonds is 11. The first-order valence-corrected chi connectivity index (χ1v) is 11.7. The molecule has 0 saturated heterocycles. The van der Waals surface area contributed by atoms with Gasteiger partial charge in [0.25, 0.3) is 0 Å². The lowest BCUT2D eigenvalue weighted by Gasteiger charge is -2.10. The van der Waals surface area contributed by atoms with Crippen molar-refractivity contribution in [3.05, 3.63) is 77.9 Å². The summed E-state index contributed by atoms with van der Waals surface area (Å²) in [6.07, 6.45) is 6.08. The van der Waals surface area contributed by atoms with Crippen molar-refractivity contribution < 1.29 is 4.79 Å². The molecule has 0 aliphatic carbocycles. The molecule has 0 fully saturated rings. The van der Waals surface area contributed by atoms with Crippen molar-refractivity contribution in [2.45, 2.75) is 56.1 Å². The van der Waals surface area contributed by atoms with Crippen LogP contribution in [0, 0.1) is 0 Å². The van der Waals surface area contributed by atoms with Crippen LogP contribution in [0.25, 0.3) is 10.8 Å². The average Bonchev–Trinajstić information content (AvgIpc) is 2.76. The van der Waals surface area contributed by atoms with E-state index in [0.29, 0.717) is 13.0 Å². The van der Waals surface area contributed by atoms with Crippen molar-refractivity contribution in [3.8, 4) is 0 Å². The molecule has 2 nitrogen and oxygen atoms in total. The topological polar surface area (TPSA) is 29.1 Å². The third kappa shape index (κ3) is 6.93. The first-order chi connectivity index (χ1) is 14.3. The molecule has 0 unspecified atom stereocenters. The zero-order valence-corrected chi connectivity index (χ0v) is 18.1. The first kappa shape index (κ1) is 21.4. The molecule has 152 valence electrons. The summed E-state index contributed by atoms with van der Waals surface area (Å²) < 4.78 is 0. The second-order valence-electron chi connectivity index (χ2n) is 7.48. The van der Waals surface area contributed by atoms with E-state index >= 15 is 0 Å². The molecule has 0 aliphatic heterocycles. The predicted octanol–water partition coefficient (Wildman–Crippen LogP) is 6.76. The second kappa shape index (κ2) is 11.7. The van der Waals surface area contributed by atoms with Gasteiger partial charge in [-0.1, -0.05) is 80.8 Å². The van der Waals surface area contributed by atoms with E-state index in [4.69, 9.17) is 0 Å². The van der Waals surface area contributed by atoms with E-state index < -0.39 is 0 Å². The van der Waals surface area contributed by atoms with Gasteiger partial charge in [-0.25, -0.2) is 0 Å². The number of carbonyl (C=O) groups excluding carboxylic acids is 1. The quantitative estimate of drug-likeness (QED) is 0.282. The number of carbonyl (C=O) groups is 1. The lowest BCUT2D eigenvalue weighted by atomic mass is 10.0. The van der Waals surface area contributed by atoms with Crippen molar-refractivity contribution >= 4 is 28.4 Å². The van der Waals surface area contributed by atoms with Crippen LogP contribution in [0.2, 0.25) is 0 Å². The van der Waals surface area contributed by atoms with Gasteiger partial charge in [0.15, 0.2) is 0 Å². The highest BCUT2D eigenvalue weighted by molar-refractivity contribution is 7.98. The highest BCUT2D eigenvalue weighted by Crippen LogP contribution is 2.28. The van der Waals surface area contributed by atoms with E-state index in [0.717, 1.165) is 25.0 Å². The Kier molecular flexibility index (Phi) is 8.63. The Balaban J connectivity index is 1.57. The van der Waals surface area contributed by atoms with Crippen molar-refractivity contribution in [1.82, 2.24) is 5.32 Å². The molecule has 3 rings (SSSR count). The minimum Gasteiger partial charge on any atom is -0.356 e. The largest absolute Gasteiger partial charge is 0.356 e. The van der Waals surface area contributed by atoms with E-state index in [9.17, 15) is 4.79 Å². The number of fused-ring (bicyclic) bond motifs is 1. The number of amides is 1. The molecule has 0 aliphatic rings. The van der Waals surface area contributed by atoms with Gasteiger partial charge in [0.1, 0.15) is 0 Å². The number of hydrogen-bond acceptors (Lipinski definition) is 2. The highest BCUT2D eigenvalue weighted by atomic mass is 32.2. The normalized spacial score (nSPS) is 10.9. The number of hydrogen-bond donors (Lipinski definition) is 1. The Morgan fingerprint density at radius 2 is 1.79 bits per heavy atom. The van der Waals surface area contributed by atoms with Crippen molar-refractivity contribution in [2.24, 2.45) is 0 Å². The zero-order valence-electron chi connectivity index (χ0n) is 17.3. The van der Waals surface area contributed by atoms with Gasteiger partial charge in [-0.2, -0.15) is 0 Å². The first-order valence-electron chi connectivity index (χ1n) is 10.7. The molecule has 0 aromatic heterocycles. The molecule has 0 spiro atoms. The lowest BCUT2D eigenvalue weighted by molar-refractivity contribution is -0.121. The molecule has 0 atom stereocenters. The van der Waals surface area contributed by atoms with E-state index in [2.05, 4.69) is 79.0 Å². The number of nitrogens with one attached hydrogen (secondary N) is 1. The molecule has 1 amide bonds. The van der Waals surface area contributed by atoms with Crippen LogP contribution in [0.5, 0.6) is 0 Å². The van der Waals surface area contributed by atoms with Crippen molar-refractivity contribution in [2.75, 3.05) is 6.54 Å². The summed E-state index contributed by atoms with van der Waals surface area (Å²) in [5.41, 5.74) is 2.64. The molecule has 3 aromatic carbocycles. The highest BCUT2D eigenvalue weighted by Gasteiger charge is 2.05. The van der Waals surface area contributed by atoms with Crippen molar-refractivity contribution in [1.29, 1.82) is 0 Å². The molecule has 1 N–H and O–H groups in total. The summed E-state index contributed by atoms with van der Waals surface area (Å²) in [6, 6.07) is 23.7. The van der Waals surface area contributed by atoms with Crippen LogP contribution < -0.4 is 5.32 Å². The monoisotopic (exact) mass is 405 g/mol. The zero-order chi connectivity index (χ0) is 20.3. The Morgan fingerprint density at radius 1 is 0.931 bits per heavy atom. The SMILES string of the molecule is CCCCCCC(=O)NCCc1cccc2ccc(SCc3ccccc3)cc12. The van der Waals surface area contributed by atoms with Crippen LogP contribution in [0.1, 0.15) is 50.2 Å². The van der Waals surface area contributed by atoms with Gasteiger partial charge in [-0.15, -0.1) is 11.8 Å². The minimum absolute atomic E-state index is 0.181. The maximum Gasteiger partial charge on any atom is 0.220 e. The molecule has 0 bridgehead atoms. The van der Waals surface area contributed by atoms with Gasteiger partial charge in [0.2, 0.25) is 5.91 Å². The average molecular weight is 406 g/mol. The molecule has 3 aromatic rings. The summed E-state index contributed by atoms with van der Waals surface area (Å²) >= 11 is 1.87. The summed E-state index contributed by atoms with van der Waals surface area (Å²) in [4.78, 5) is 13.3. The summed E-state index contributed by atoms with van der Waals surface area (Å²) in [7, 11) is 0. The Hall–Kier alpha value is -2.26. The van der Waals surface area contributed by atoms with Gasteiger partial charge < -0.3 is 5.32 Å². The molecule has 0 saturated carbocycles. The Labute approximate surface area is 179 Å². The minimum atomic E-state index is 0.181. The molecular weight excluding hydrogens is 374 g/mol. The van der Waals surface area contributed by atoms with Crippen LogP contribution in [0.15, 0.2) is 71.6 Å². The maximum atomic E-state index is 12.0. The van der Waals surface area contributed by atoms with Gasteiger partial charge in [-0.05, 0) is 46.9 Å².